The standard InChI is InChI=1S/C12H18N2O4S/c1-3-9(7-15)14-19(17,18)10-5-4-8(2)11(6-10)12(13)16/h4-6,9,14-15H,3,7H2,1-2H3,(H2,13,16)/t9-/m1/s1. The Bertz CT molecular complexity index is 565. The minimum atomic E-state index is -3.77. The summed E-state index contributed by atoms with van der Waals surface area (Å²) in [6.45, 7) is 3.14. The first-order valence-corrected chi connectivity index (χ1v) is 7.33. The molecule has 0 aliphatic heterocycles. The van der Waals surface area contributed by atoms with Gasteiger partial charge < -0.3 is 10.8 Å². The number of benzene rings is 1. The van der Waals surface area contributed by atoms with Gasteiger partial charge in [-0.3, -0.25) is 4.79 Å². The molecule has 0 spiro atoms. The number of rotatable bonds is 6. The van der Waals surface area contributed by atoms with Gasteiger partial charge in [0.15, 0.2) is 0 Å². The summed E-state index contributed by atoms with van der Waals surface area (Å²) in [6.07, 6.45) is 0.463. The second-order valence-corrected chi connectivity index (χ2v) is 5.96. The molecule has 0 fully saturated rings. The van der Waals surface area contributed by atoms with Gasteiger partial charge in [-0.2, -0.15) is 0 Å². The summed E-state index contributed by atoms with van der Waals surface area (Å²) in [4.78, 5) is 11.2. The van der Waals surface area contributed by atoms with Crippen LogP contribution in [-0.4, -0.2) is 32.1 Å². The quantitative estimate of drug-likeness (QED) is 0.691. The van der Waals surface area contributed by atoms with Crippen molar-refractivity contribution < 1.29 is 18.3 Å². The zero-order valence-electron chi connectivity index (χ0n) is 10.9. The molecule has 1 amide bonds. The Morgan fingerprint density at radius 2 is 2.11 bits per heavy atom. The van der Waals surface area contributed by atoms with Gasteiger partial charge in [0.05, 0.1) is 11.5 Å². The molecule has 106 valence electrons. The van der Waals surface area contributed by atoms with E-state index in [9.17, 15) is 13.2 Å². The van der Waals surface area contributed by atoms with Crippen molar-refractivity contribution in [1.82, 2.24) is 4.72 Å². The highest BCUT2D eigenvalue weighted by Gasteiger charge is 2.20. The van der Waals surface area contributed by atoms with E-state index in [0.717, 1.165) is 0 Å². The van der Waals surface area contributed by atoms with Crippen molar-refractivity contribution in [3.63, 3.8) is 0 Å². The normalized spacial score (nSPS) is 13.2. The smallest absolute Gasteiger partial charge is 0.249 e. The first-order chi connectivity index (χ1) is 8.81. The fourth-order valence-electron chi connectivity index (χ4n) is 1.57. The topological polar surface area (TPSA) is 109 Å². The first-order valence-electron chi connectivity index (χ1n) is 5.85. The van der Waals surface area contributed by atoms with Crippen LogP contribution < -0.4 is 10.5 Å². The molecule has 0 saturated carbocycles. The maximum absolute atomic E-state index is 12.1. The Labute approximate surface area is 112 Å². The molecule has 7 heteroatoms. The molecule has 1 aromatic carbocycles. The number of aryl methyl sites for hydroxylation is 1. The van der Waals surface area contributed by atoms with Gasteiger partial charge in [-0.1, -0.05) is 13.0 Å². The zero-order chi connectivity index (χ0) is 14.6. The molecule has 1 atom stereocenters. The second kappa shape index (κ2) is 6.14. The van der Waals surface area contributed by atoms with Gasteiger partial charge in [0.25, 0.3) is 0 Å². The third-order valence-corrected chi connectivity index (χ3v) is 4.34. The third-order valence-electron chi connectivity index (χ3n) is 2.82. The summed E-state index contributed by atoms with van der Waals surface area (Å²) >= 11 is 0. The van der Waals surface area contributed by atoms with Crippen LogP contribution in [0.5, 0.6) is 0 Å². The monoisotopic (exact) mass is 286 g/mol. The number of hydrogen-bond acceptors (Lipinski definition) is 4. The van der Waals surface area contributed by atoms with E-state index in [-0.39, 0.29) is 17.1 Å². The first kappa shape index (κ1) is 15.6. The molecule has 19 heavy (non-hydrogen) atoms. The number of carbonyl (C=O) groups excluding carboxylic acids is 1. The number of amides is 1. The van der Waals surface area contributed by atoms with E-state index in [1.54, 1.807) is 13.8 Å². The Hall–Kier alpha value is -1.44. The zero-order valence-corrected chi connectivity index (χ0v) is 11.7. The number of carbonyl (C=O) groups is 1. The predicted octanol–water partition coefficient (Wildman–Crippen LogP) is 0.143. The molecule has 1 aromatic rings. The van der Waals surface area contributed by atoms with E-state index in [0.29, 0.717) is 12.0 Å². The van der Waals surface area contributed by atoms with Crippen molar-refractivity contribution in [2.24, 2.45) is 5.73 Å². The SMILES string of the molecule is CC[C@H](CO)NS(=O)(=O)c1ccc(C)c(C(N)=O)c1. The van der Waals surface area contributed by atoms with Gasteiger partial charge in [0.2, 0.25) is 15.9 Å². The van der Waals surface area contributed by atoms with Crippen molar-refractivity contribution >= 4 is 15.9 Å². The average Bonchev–Trinajstić information content (AvgIpc) is 2.35. The number of primary amides is 1. The molecule has 0 aliphatic carbocycles. The lowest BCUT2D eigenvalue weighted by atomic mass is 10.1. The van der Waals surface area contributed by atoms with E-state index in [1.807, 2.05) is 0 Å². The maximum Gasteiger partial charge on any atom is 0.249 e. The average molecular weight is 286 g/mol. The third kappa shape index (κ3) is 3.76. The minimum absolute atomic E-state index is 0.0428. The van der Waals surface area contributed by atoms with E-state index in [4.69, 9.17) is 10.8 Å². The summed E-state index contributed by atoms with van der Waals surface area (Å²) in [5.74, 6) is -0.677. The van der Waals surface area contributed by atoms with Crippen LogP contribution in [0.3, 0.4) is 0 Å². The molecule has 0 radical (unpaired) electrons. The lowest BCUT2D eigenvalue weighted by molar-refractivity contribution is 0.0999. The highest BCUT2D eigenvalue weighted by molar-refractivity contribution is 7.89. The number of sulfonamides is 1. The van der Waals surface area contributed by atoms with Crippen LogP contribution in [0.25, 0.3) is 0 Å². The number of aliphatic hydroxyl groups excluding tert-OH is 1. The van der Waals surface area contributed by atoms with Crippen LogP contribution in [0.15, 0.2) is 23.1 Å². The van der Waals surface area contributed by atoms with Gasteiger partial charge in [-0.05, 0) is 31.0 Å². The lowest BCUT2D eigenvalue weighted by Gasteiger charge is -2.15. The molecule has 6 nitrogen and oxygen atoms in total. The Morgan fingerprint density at radius 3 is 2.58 bits per heavy atom. The van der Waals surface area contributed by atoms with Crippen molar-refractivity contribution in [3.05, 3.63) is 29.3 Å². The van der Waals surface area contributed by atoms with Crippen molar-refractivity contribution in [2.75, 3.05) is 6.61 Å². The number of nitrogens with two attached hydrogens (primary N) is 1. The van der Waals surface area contributed by atoms with E-state index >= 15 is 0 Å². The summed E-state index contributed by atoms with van der Waals surface area (Å²) in [5.41, 5.74) is 5.96. The lowest BCUT2D eigenvalue weighted by Crippen LogP contribution is -2.37. The fourth-order valence-corrected chi connectivity index (χ4v) is 2.91. The summed E-state index contributed by atoms with van der Waals surface area (Å²) < 4.78 is 26.5. The summed E-state index contributed by atoms with van der Waals surface area (Å²) in [5, 5.41) is 9.02. The van der Waals surface area contributed by atoms with E-state index < -0.39 is 22.0 Å². The highest BCUT2D eigenvalue weighted by atomic mass is 32.2. The molecule has 0 bridgehead atoms. The van der Waals surface area contributed by atoms with Crippen LogP contribution in [-0.2, 0) is 10.0 Å². The molecule has 0 unspecified atom stereocenters. The van der Waals surface area contributed by atoms with Gasteiger partial charge >= 0.3 is 0 Å². The highest BCUT2D eigenvalue weighted by Crippen LogP contribution is 2.15. The molecule has 0 aliphatic rings. The second-order valence-electron chi connectivity index (χ2n) is 4.25. The Balaban J connectivity index is 3.15. The van der Waals surface area contributed by atoms with Crippen molar-refractivity contribution in [3.8, 4) is 0 Å². The molecule has 0 aromatic heterocycles. The van der Waals surface area contributed by atoms with Crippen LogP contribution >= 0.6 is 0 Å². The molecule has 1 rings (SSSR count). The van der Waals surface area contributed by atoms with Crippen LogP contribution in [0.2, 0.25) is 0 Å². The van der Waals surface area contributed by atoms with Crippen molar-refractivity contribution in [1.29, 1.82) is 0 Å². The van der Waals surface area contributed by atoms with Crippen LogP contribution in [0.4, 0.5) is 0 Å². The Kier molecular flexibility index (Phi) is 5.04. The van der Waals surface area contributed by atoms with Gasteiger partial charge in [-0.15, -0.1) is 0 Å². The molecular weight excluding hydrogens is 268 g/mol. The fraction of sp³-hybridized carbons (Fsp3) is 0.417. The van der Waals surface area contributed by atoms with Crippen LogP contribution in [0.1, 0.15) is 29.3 Å². The number of aliphatic hydroxyl groups is 1. The maximum atomic E-state index is 12.1. The largest absolute Gasteiger partial charge is 0.395 e. The number of nitrogens with one attached hydrogen (secondary N) is 1. The van der Waals surface area contributed by atoms with Crippen LogP contribution in [0, 0.1) is 6.92 Å². The summed E-state index contributed by atoms with van der Waals surface area (Å²) in [7, 11) is -3.77. The summed E-state index contributed by atoms with van der Waals surface area (Å²) in [6, 6.07) is 3.61. The van der Waals surface area contributed by atoms with Gasteiger partial charge in [0.1, 0.15) is 0 Å². The van der Waals surface area contributed by atoms with Crippen molar-refractivity contribution in [2.45, 2.75) is 31.2 Å². The Morgan fingerprint density at radius 1 is 1.47 bits per heavy atom. The molecule has 4 N–H and O–H groups in total. The number of hydrogen-bond donors (Lipinski definition) is 3. The predicted molar refractivity (Wildman–Crippen MR) is 71.2 cm³/mol. The molecule has 0 saturated heterocycles. The van der Waals surface area contributed by atoms with Gasteiger partial charge in [-0.25, -0.2) is 13.1 Å². The van der Waals surface area contributed by atoms with E-state index in [2.05, 4.69) is 4.72 Å². The molecular formula is C12H18N2O4S. The van der Waals surface area contributed by atoms with E-state index in [1.165, 1.54) is 18.2 Å². The van der Waals surface area contributed by atoms with Gasteiger partial charge in [0, 0.05) is 11.6 Å². The minimum Gasteiger partial charge on any atom is -0.395 e. The molecule has 0 heterocycles.